The van der Waals surface area contributed by atoms with Crippen molar-refractivity contribution in [1.29, 1.82) is 0 Å². The highest BCUT2D eigenvalue weighted by Gasteiger charge is 2.12. The van der Waals surface area contributed by atoms with Crippen LogP contribution in [0.25, 0.3) is 0 Å². The van der Waals surface area contributed by atoms with Crippen molar-refractivity contribution in [1.82, 2.24) is 5.32 Å². The van der Waals surface area contributed by atoms with Crippen LogP contribution in [0.15, 0.2) is 28.7 Å². The van der Waals surface area contributed by atoms with E-state index in [1.165, 1.54) is 18.4 Å². The molecule has 1 aromatic carbocycles. The molecule has 2 nitrogen and oxygen atoms in total. The maximum Gasteiger partial charge on any atom is 0.0717 e. The second-order valence-electron chi connectivity index (χ2n) is 4.34. The van der Waals surface area contributed by atoms with Crippen LogP contribution in [0.3, 0.4) is 0 Å². The summed E-state index contributed by atoms with van der Waals surface area (Å²) < 4.78 is 6.89. The first kappa shape index (κ1) is 15.0. The molecule has 0 aromatic heterocycles. The van der Waals surface area contributed by atoms with Gasteiger partial charge in [0.1, 0.15) is 0 Å². The third-order valence-electron chi connectivity index (χ3n) is 2.97. The van der Waals surface area contributed by atoms with Crippen LogP contribution in [0.1, 0.15) is 18.4 Å². The van der Waals surface area contributed by atoms with Crippen LogP contribution in [0.5, 0.6) is 0 Å². The van der Waals surface area contributed by atoms with Crippen molar-refractivity contribution in [2.24, 2.45) is 5.92 Å². The minimum absolute atomic E-state index is 0. The molecule has 0 unspecified atom stereocenters. The standard InChI is InChI=1S/C13H18BrNO.ClH/c14-13-3-1-2-12(8-13)10-16-9-11-4-6-15-7-5-11;/h1-3,8,11,15H,4-7,9-10H2;1H. The zero-order valence-electron chi connectivity index (χ0n) is 9.82. The normalized spacial score (nSPS) is 16.5. The van der Waals surface area contributed by atoms with Gasteiger partial charge in [-0.2, -0.15) is 0 Å². The summed E-state index contributed by atoms with van der Waals surface area (Å²) in [5, 5.41) is 3.37. The van der Waals surface area contributed by atoms with Gasteiger partial charge in [0, 0.05) is 11.1 Å². The molecule has 1 aliphatic rings. The maximum absolute atomic E-state index is 5.77. The topological polar surface area (TPSA) is 21.3 Å². The summed E-state index contributed by atoms with van der Waals surface area (Å²) >= 11 is 3.47. The van der Waals surface area contributed by atoms with Crippen molar-refractivity contribution in [3.63, 3.8) is 0 Å². The molecule has 0 aliphatic carbocycles. The fourth-order valence-corrected chi connectivity index (χ4v) is 2.47. The number of halogens is 2. The second-order valence-corrected chi connectivity index (χ2v) is 5.25. The Morgan fingerprint density at radius 1 is 1.29 bits per heavy atom. The highest BCUT2D eigenvalue weighted by atomic mass is 79.9. The summed E-state index contributed by atoms with van der Waals surface area (Å²) in [6.07, 6.45) is 2.50. The summed E-state index contributed by atoms with van der Waals surface area (Å²) in [7, 11) is 0. The van der Waals surface area contributed by atoms with Gasteiger partial charge in [-0.1, -0.05) is 28.1 Å². The van der Waals surface area contributed by atoms with E-state index in [2.05, 4.69) is 33.4 Å². The van der Waals surface area contributed by atoms with Gasteiger partial charge in [-0.15, -0.1) is 12.4 Å². The van der Waals surface area contributed by atoms with Crippen molar-refractivity contribution in [2.45, 2.75) is 19.4 Å². The first-order valence-electron chi connectivity index (χ1n) is 5.87. The largest absolute Gasteiger partial charge is 0.376 e. The molecule has 2 rings (SSSR count). The van der Waals surface area contributed by atoms with Crippen LogP contribution in [-0.2, 0) is 11.3 Å². The molecule has 0 radical (unpaired) electrons. The summed E-state index contributed by atoms with van der Waals surface area (Å²) in [5.41, 5.74) is 1.24. The molecular formula is C13H19BrClNO. The maximum atomic E-state index is 5.77. The summed E-state index contributed by atoms with van der Waals surface area (Å²) in [6.45, 7) is 3.91. The van der Waals surface area contributed by atoms with E-state index in [1.807, 2.05) is 12.1 Å². The lowest BCUT2D eigenvalue weighted by molar-refractivity contribution is 0.0763. The number of piperidine rings is 1. The quantitative estimate of drug-likeness (QED) is 0.918. The van der Waals surface area contributed by atoms with E-state index >= 15 is 0 Å². The molecule has 1 fully saturated rings. The van der Waals surface area contributed by atoms with Crippen molar-refractivity contribution in [3.8, 4) is 0 Å². The Kier molecular flexibility index (Phi) is 7.12. The molecule has 1 aromatic rings. The second kappa shape index (κ2) is 8.09. The van der Waals surface area contributed by atoms with E-state index in [4.69, 9.17) is 4.74 Å². The molecule has 1 N–H and O–H groups in total. The molecule has 0 bridgehead atoms. The fraction of sp³-hybridized carbons (Fsp3) is 0.538. The summed E-state index contributed by atoms with van der Waals surface area (Å²) in [6, 6.07) is 8.30. The molecule has 0 amide bonds. The zero-order chi connectivity index (χ0) is 11.2. The Labute approximate surface area is 118 Å². The van der Waals surface area contributed by atoms with Crippen molar-refractivity contribution >= 4 is 28.3 Å². The molecule has 0 atom stereocenters. The summed E-state index contributed by atoms with van der Waals surface area (Å²) in [5.74, 6) is 0.744. The van der Waals surface area contributed by atoms with Gasteiger partial charge < -0.3 is 10.1 Å². The smallest absolute Gasteiger partial charge is 0.0717 e. The lowest BCUT2D eigenvalue weighted by atomic mass is 9.99. The predicted molar refractivity (Wildman–Crippen MR) is 76.6 cm³/mol. The number of benzene rings is 1. The van der Waals surface area contributed by atoms with Crippen LogP contribution in [0, 0.1) is 5.92 Å². The molecule has 4 heteroatoms. The van der Waals surface area contributed by atoms with Crippen LogP contribution >= 0.6 is 28.3 Å². The number of ether oxygens (including phenoxy) is 1. The van der Waals surface area contributed by atoms with Crippen molar-refractivity contribution in [2.75, 3.05) is 19.7 Å². The minimum atomic E-state index is 0. The predicted octanol–water partition coefficient (Wildman–Crippen LogP) is 3.39. The van der Waals surface area contributed by atoms with Crippen molar-refractivity contribution < 1.29 is 4.74 Å². The Bertz CT molecular complexity index is 329. The van der Waals surface area contributed by atoms with Gasteiger partial charge in [-0.25, -0.2) is 0 Å². The Morgan fingerprint density at radius 3 is 2.76 bits per heavy atom. The monoisotopic (exact) mass is 319 g/mol. The molecule has 17 heavy (non-hydrogen) atoms. The number of hydrogen-bond acceptors (Lipinski definition) is 2. The van der Waals surface area contributed by atoms with Gasteiger partial charge in [0.15, 0.2) is 0 Å². The molecule has 0 spiro atoms. The van der Waals surface area contributed by atoms with Crippen LogP contribution in [0.4, 0.5) is 0 Å². The average Bonchev–Trinajstić information content (AvgIpc) is 2.30. The van der Waals surface area contributed by atoms with Gasteiger partial charge in [0.25, 0.3) is 0 Å². The highest BCUT2D eigenvalue weighted by molar-refractivity contribution is 9.10. The van der Waals surface area contributed by atoms with Crippen LogP contribution < -0.4 is 5.32 Å². The van der Waals surface area contributed by atoms with E-state index in [0.717, 1.165) is 36.7 Å². The summed E-state index contributed by atoms with van der Waals surface area (Å²) in [4.78, 5) is 0. The van der Waals surface area contributed by atoms with Crippen molar-refractivity contribution in [3.05, 3.63) is 34.3 Å². The third kappa shape index (κ3) is 5.38. The first-order chi connectivity index (χ1) is 7.84. The number of nitrogens with one attached hydrogen (secondary N) is 1. The lowest BCUT2D eigenvalue weighted by Crippen LogP contribution is -2.29. The van der Waals surface area contributed by atoms with Gasteiger partial charge in [0.2, 0.25) is 0 Å². The molecule has 96 valence electrons. The zero-order valence-corrected chi connectivity index (χ0v) is 12.2. The Morgan fingerprint density at radius 2 is 2.06 bits per heavy atom. The third-order valence-corrected chi connectivity index (χ3v) is 3.46. The Hall–Kier alpha value is -0.0900. The van der Waals surface area contributed by atoms with E-state index < -0.39 is 0 Å². The average molecular weight is 321 g/mol. The highest BCUT2D eigenvalue weighted by Crippen LogP contribution is 2.15. The molecule has 1 heterocycles. The van der Waals surface area contributed by atoms with Gasteiger partial charge in [0.05, 0.1) is 6.61 Å². The molecular weight excluding hydrogens is 302 g/mol. The number of rotatable bonds is 4. The fourth-order valence-electron chi connectivity index (χ4n) is 2.02. The van der Waals surface area contributed by atoms with E-state index in [9.17, 15) is 0 Å². The van der Waals surface area contributed by atoms with E-state index in [1.54, 1.807) is 0 Å². The van der Waals surface area contributed by atoms with E-state index in [0.29, 0.717) is 0 Å². The van der Waals surface area contributed by atoms with Crippen LogP contribution in [-0.4, -0.2) is 19.7 Å². The molecule has 1 saturated heterocycles. The number of hydrogen-bond donors (Lipinski definition) is 1. The van der Waals surface area contributed by atoms with E-state index in [-0.39, 0.29) is 12.4 Å². The van der Waals surface area contributed by atoms with Gasteiger partial charge in [-0.3, -0.25) is 0 Å². The van der Waals surface area contributed by atoms with Gasteiger partial charge >= 0.3 is 0 Å². The minimum Gasteiger partial charge on any atom is -0.376 e. The van der Waals surface area contributed by atoms with Crippen LogP contribution in [0.2, 0.25) is 0 Å². The van der Waals surface area contributed by atoms with Gasteiger partial charge in [-0.05, 0) is 49.5 Å². The lowest BCUT2D eigenvalue weighted by Gasteiger charge is -2.22. The SMILES string of the molecule is Brc1cccc(COCC2CCNCC2)c1.Cl. The first-order valence-corrected chi connectivity index (χ1v) is 6.67. The Balaban J connectivity index is 0.00000144. The molecule has 0 saturated carbocycles. The molecule has 1 aliphatic heterocycles.